The molecule has 2 bridgehead atoms. The highest BCUT2D eigenvalue weighted by molar-refractivity contribution is 5.88. The summed E-state index contributed by atoms with van der Waals surface area (Å²) in [7, 11) is 1.28. The number of methoxy groups -OCH3 is 1. The number of aliphatic hydroxyl groups excluding tert-OH is 1. The molecule has 0 aromatic carbocycles. The van der Waals surface area contributed by atoms with Crippen molar-refractivity contribution in [2.24, 2.45) is 23.7 Å². The molecule has 0 amide bonds. The second-order valence-electron chi connectivity index (χ2n) is 9.21. The zero-order chi connectivity index (χ0) is 20.3. The molecule has 1 saturated carbocycles. The van der Waals surface area contributed by atoms with E-state index in [9.17, 15) is 9.90 Å². The Morgan fingerprint density at radius 1 is 1.25 bits per heavy atom. The van der Waals surface area contributed by atoms with Crippen LogP contribution in [-0.4, -0.2) is 48.1 Å². The van der Waals surface area contributed by atoms with Gasteiger partial charge < -0.3 is 19.3 Å². The predicted octanol–water partition coefficient (Wildman–Crippen LogP) is 2.72. The number of ether oxygens (including phenoxy) is 3. The number of esters is 1. The van der Waals surface area contributed by atoms with Crippen LogP contribution in [0.15, 0.2) is 12.2 Å². The highest BCUT2D eigenvalue weighted by Crippen LogP contribution is 2.60. The van der Waals surface area contributed by atoms with Crippen LogP contribution in [0.3, 0.4) is 0 Å². The molecule has 5 rings (SSSR count). The van der Waals surface area contributed by atoms with Gasteiger partial charge in [-0.3, -0.25) is 0 Å². The number of carbonyl (C=O) groups is 1. The van der Waals surface area contributed by atoms with Crippen molar-refractivity contribution in [2.75, 3.05) is 7.11 Å². The van der Waals surface area contributed by atoms with E-state index in [0.29, 0.717) is 11.8 Å². The van der Waals surface area contributed by atoms with Crippen molar-refractivity contribution in [1.29, 1.82) is 0 Å². The molecule has 1 spiro atoms. The van der Waals surface area contributed by atoms with Gasteiger partial charge in [-0.15, -0.1) is 0 Å². The summed E-state index contributed by atoms with van der Waals surface area (Å²) in [6.45, 7) is 9.97. The second kappa shape index (κ2) is 7.06. The molecule has 0 aromatic heterocycles. The van der Waals surface area contributed by atoms with Gasteiger partial charge >= 0.3 is 5.97 Å². The Morgan fingerprint density at radius 2 is 2.00 bits per heavy atom. The van der Waals surface area contributed by atoms with Gasteiger partial charge in [-0.1, -0.05) is 20.4 Å². The number of fused-ring (bicyclic) bond motifs is 2. The maximum atomic E-state index is 11.7. The van der Waals surface area contributed by atoms with E-state index in [-0.39, 0.29) is 29.9 Å². The minimum Gasteiger partial charge on any atom is -0.466 e. The molecule has 0 aromatic rings. The average Bonchev–Trinajstić information content (AvgIpc) is 2.90. The smallest absolute Gasteiger partial charge is 0.335 e. The lowest BCUT2D eigenvalue weighted by molar-refractivity contribution is -0.571. The normalized spacial score (nSPS) is 48.3. The third-order valence-corrected chi connectivity index (χ3v) is 7.60. The first kappa shape index (κ1) is 20.3. The van der Waals surface area contributed by atoms with Crippen molar-refractivity contribution in [3.05, 3.63) is 12.2 Å². The first-order chi connectivity index (χ1) is 13.2. The van der Waals surface area contributed by atoms with Crippen molar-refractivity contribution in [3.63, 3.8) is 0 Å². The van der Waals surface area contributed by atoms with Crippen molar-refractivity contribution >= 4 is 5.97 Å². The molecule has 9 atom stereocenters. The molecule has 7 nitrogen and oxygen atoms in total. The molecule has 7 heteroatoms. The molecule has 4 aliphatic heterocycles. The molecule has 5 fully saturated rings. The summed E-state index contributed by atoms with van der Waals surface area (Å²) in [5.74, 6) is -0.313. The lowest BCUT2D eigenvalue weighted by Crippen LogP contribution is -2.70. The fourth-order valence-electron chi connectivity index (χ4n) is 5.88. The lowest BCUT2D eigenvalue weighted by atomic mass is 9.57. The third-order valence-electron chi connectivity index (χ3n) is 7.60. The number of hydrogen-bond acceptors (Lipinski definition) is 7. The van der Waals surface area contributed by atoms with Gasteiger partial charge in [0.05, 0.1) is 24.9 Å². The first-order valence-corrected chi connectivity index (χ1v) is 10.4. The van der Waals surface area contributed by atoms with Crippen molar-refractivity contribution in [2.45, 2.75) is 82.8 Å². The molecule has 0 radical (unpaired) electrons. The highest BCUT2D eigenvalue weighted by atomic mass is 17.3. The van der Waals surface area contributed by atoms with Crippen LogP contribution in [-0.2, 0) is 28.8 Å². The van der Waals surface area contributed by atoms with E-state index in [0.717, 1.165) is 25.7 Å². The van der Waals surface area contributed by atoms with Crippen LogP contribution in [0.1, 0.15) is 52.9 Å². The van der Waals surface area contributed by atoms with E-state index in [1.165, 1.54) is 7.11 Å². The topological polar surface area (TPSA) is 83.5 Å². The van der Waals surface area contributed by atoms with E-state index < -0.39 is 29.8 Å². The van der Waals surface area contributed by atoms with Gasteiger partial charge in [0.15, 0.2) is 11.9 Å². The highest BCUT2D eigenvalue weighted by Gasteiger charge is 2.69. The van der Waals surface area contributed by atoms with Crippen LogP contribution in [0.25, 0.3) is 0 Å². The summed E-state index contributed by atoms with van der Waals surface area (Å²) in [6, 6.07) is 0. The Kier molecular flexibility index (Phi) is 5.11. The number of carbonyl (C=O) groups excluding carboxylic acids is 1. The molecule has 1 aliphatic carbocycles. The quantitative estimate of drug-likeness (QED) is 0.444. The zero-order valence-corrected chi connectivity index (χ0v) is 17.2. The standard InChI is InChI=1S/C21H32O7/c1-11-6-7-15-12(2)17(10-16(22)13(3)18(23)24-5)25-19-21(15)14(11)8-9-20(4,26-19)27-28-21/h11-12,14-17,19,22H,3,6-10H2,1-2,4-5H3/t11-,12-,14+,15+,16-,17-,19-,20?,21-/m1/s1. The monoisotopic (exact) mass is 396 g/mol. The molecule has 4 heterocycles. The van der Waals surface area contributed by atoms with Gasteiger partial charge in [0.2, 0.25) is 5.79 Å². The van der Waals surface area contributed by atoms with E-state index in [1.54, 1.807) is 0 Å². The second-order valence-corrected chi connectivity index (χ2v) is 9.21. The molecule has 158 valence electrons. The minimum absolute atomic E-state index is 0.0450. The zero-order valence-electron chi connectivity index (χ0n) is 17.2. The summed E-state index contributed by atoms with van der Waals surface area (Å²) >= 11 is 0. The van der Waals surface area contributed by atoms with Crippen LogP contribution in [0.4, 0.5) is 0 Å². The lowest BCUT2D eigenvalue weighted by Gasteiger charge is -2.60. The molecule has 4 saturated heterocycles. The minimum atomic E-state index is -1.03. The van der Waals surface area contributed by atoms with E-state index >= 15 is 0 Å². The summed E-state index contributed by atoms with van der Waals surface area (Å²) in [5, 5.41) is 10.5. The van der Waals surface area contributed by atoms with Gasteiger partial charge in [-0.25, -0.2) is 14.6 Å². The Labute approximate surface area is 166 Å². The molecule has 1 unspecified atom stereocenters. The average molecular weight is 396 g/mol. The summed E-state index contributed by atoms with van der Waals surface area (Å²) in [5.41, 5.74) is -0.572. The summed E-state index contributed by atoms with van der Waals surface area (Å²) < 4.78 is 17.4. The summed E-state index contributed by atoms with van der Waals surface area (Å²) in [6.07, 6.45) is 2.27. The van der Waals surface area contributed by atoms with Crippen molar-refractivity contribution in [1.82, 2.24) is 0 Å². The van der Waals surface area contributed by atoms with Gasteiger partial charge in [0.1, 0.15) is 0 Å². The number of rotatable bonds is 4. The Bertz CT molecular complexity index is 651. The molecular formula is C21H32O7. The third kappa shape index (κ3) is 2.94. The maximum absolute atomic E-state index is 11.7. The van der Waals surface area contributed by atoms with E-state index in [1.807, 2.05) is 6.92 Å². The van der Waals surface area contributed by atoms with E-state index in [4.69, 9.17) is 19.2 Å². The van der Waals surface area contributed by atoms with Crippen LogP contribution >= 0.6 is 0 Å². The fraction of sp³-hybridized carbons (Fsp3) is 0.857. The Morgan fingerprint density at radius 3 is 2.71 bits per heavy atom. The molecular weight excluding hydrogens is 364 g/mol. The maximum Gasteiger partial charge on any atom is 0.335 e. The van der Waals surface area contributed by atoms with Gasteiger partial charge in [0, 0.05) is 18.8 Å². The van der Waals surface area contributed by atoms with Crippen molar-refractivity contribution < 1.29 is 33.9 Å². The van der Waals surface area contributed by atoms with Gasteiger partial charge in [0.25, 0.3) is 0 Å². The Hall–Kier alpha value is -0.990. The first-order valence-electron chi connectivity index (χ1n) is 10.4. The van der Waals surface area contributed by atoms with Crippen molar-refractivity contribution in [3.8, 4) is 0 Å². The number of hydrogen-bond donors (Lipinski definition) is 1. The van der Waals surface area contributed by atoms with Gasteiger partial charge in [-0.05, 0) is 43.9 Å². The predicted molar refractivity (Wildman–Crippen MR) is 98.6 cm³/mol. The number of aliphatic hydroxyl groups is 1. The largest absolute Gasteiger partial charge is 0.466 e. The fourth-order valence-corrected chi connectivity index (χ4v) is 5.88. The summed E-state index contributed by atoms with van der Waals surface area (Å²) in [4.78, 5) is 23.6. The molecule has 1 N–H and O–H groups in total. The molecule has 5 aliphatic rings. The molecule has 28 heavy (non-hydrogen) atoms. The van der Waals surface area contributed by atoms with E-state index in [2.05, 4.69) is 25.2 Å². The van der Waals surface area contributed by atoms with Crippen LogP contribution in [0.2, 0.25) is 0 Å². The van der Waals surface area contributed by atoms with Crippen LogP contribution < -0.4 is 0 Å². The van der Waals surface area contributed by atoms with Crippen LogP contribution in [0.5, 0.6) is 0 Å². The van der Waals surface area contributed by atoms with Gasteiger partial charge in [-0.2, -0.15) is 0 Å². The van der Waals surface area contributed by atoms with Crippen LogP contribution in [0, 0.1) is 23.7 Å². The SMILES string of the molecule is C=C(C(=O)OC)[C@H](O)C[C@H]1O[C@@H]2OC3(C)CC[C@H]4[C@H](C)CC[C@@H]([C@H]1C)[C@@]24OO3. The Balaban J connectivity index is 1.61.